The van der Waals surface area contributed by atoms with E-state index in [1.807, 2.05) is 60.7 Å². The average molecular weight is 817 g/mol. The van der Waals surface area contributed by atoms with E-state index < -0.39 is 29.8 Å². The third kappa shape index (κ3) is 21.6. The summed E-state index contributed by atoms with van der Waals surface area (Å²) in [5.74, 6) is -0.690. The smallest absolute Gasteiger partial charge is 0.243 e. The van der Waals surface area contributed by atoms with Crippen molar-refractivity contribution in [2.45, 2.75) is 83.1 Å². The van der Waals surface area contributed by atoms with Crippen LogP contribution in [0, 0.1) is 0 Å². The van der Waals surface area contributed by atoms with Crippen LogP contribution in [0.5, 0.6) is 11.5 Å². The summed E-state index contributed by atoms with van der Waals surface area (Å²) in [6, 6.07) is 23.1. The van der Waals surface area contributed by atoms with E-state index in [2.05, 4.69) is 31.6 Å². The Morgan fingerprint density at radius 2 is 1.22 bits per heavy atom. The Morgan fingerprint density at radius 1 is 0.644 bits per heavy atom. The summed E-state index contributed by atoms with van der Waals surface area (Å²) in [5.41, 5.74) is 24.5. The number of carbonyl (C=O) groups excluding carboxylic acids is 4. The fourth-order valence-corrected chi connectivity index (χ4v) is 5.89. The fraction of sp³-hybridized carbons (Fsp3) is 0.465. The van der Waals surface area contributed by atoms with Crippen molar-refractivity contribution in [1.82, 2.24) is 26.6 Å². The number of nitrogens with zero attached hydrogens (tertiary/aromatic N) is 1. The lowest BCUT2D eigenvalue weighted by atomic mass is 10.1. The number of amides is 4. The molecule has 0 aromatic heterocycles. The standard InChI is InChI=1S/C43H64N10O6/c44-36(17-10-25-52-43(46)47)41(56)50-26-12-23-49-22-11-21-48-20-8-3-9-24-51-42(57)37(29-39(45)54)53-40(55)27-34-18-19-35(58-30-32-13-4-1-5-14-32)28-38(34)59-31-33-15-6-2-7-16-33/h1-2,4-7,13-16,18-19,28,36-37,48-49H,3,8-12,17,20-27,29-31,44H2,(H2,45,54)(H,50,56)(H,51,57)(H,53,55)(H4,46,47,52)/t36-,37-/m0/s1. The van der Waals surface area contributed by atoms with Gasteiger partial charge in [-0.1, -0.05) is 73.2 Å². The van der Waals surface area contributed by atoms with Gasteiger partial charge in [0.1, 0.15) is 30.8 Å². The van der Waals surface area contributed by atoms with Crippen LogP contribution < -0.4 is 59.0 Å². The van der Waals surface area contributed by atoms with E-state index in [0.717, 1.165) is 69.4 Å². The summed E-state index contributed by atoms with van der Waals surface area (Å²) in [6.07, 6.45) is 5.08. The van der Waals surface area contributed by atoms with Gasteiger partial charge in [0.15, 0.2) is 5.96 Å². The molecule has 322 valence electrons. The van der Waals surface area contributed by atoms with E-state index >= 15 is 0 Å². The molecule has 0 radical (unpaired) electrons. The molecule has 0 fully saturated rings. The maximum Gasteiger partial charge on any atom is 0.243 e. The van der Waals surface area contributed by atoms with Crippen molar-refractivity contribution >= 4 is 29.6 Å². The first-order valence-corrected chi connectivity index (χ1v) is 20.4. The van der Waals surface area contributed by atoms with Gasteiger partial charge in [-0.25, -0.2) is 0 Å². The molecular weight excluding hydrogens is 753 g/mol. The number of ether oxygens (including phenoxy) is 2. The highest BCUT2D eigenvalue weighted by Gasteiger charge is 2.23. The number of rotatable bonds is 31. The molecule has 3 rings (SSSR count). The van der Waals surface area contributed by atoms with E-state index in [-0.39, 0.29) is 31.3 Å². The van der Waals surface area contributed by atoms with Crippen LogP contribution in [0.15, 0.2) is 83.9 Å². The van der Waals surface area contributed by atoms with Crippen LogP contribution in [0.4, 0.5) is 0 Å². The Kier molecular flexibility index (Phi) is 23.1. The number of hydrogen-bond acceptors (Lipinski definition) is 10. The molecule has 16 heteroatoms. The second-order valence-electron chi connectivity index (χ2n) is 14.2. The monoisotopic (exact) mass is 817 g/mol. The van der Waals surface area contributed by atoms with Gasteiger partial charge in [-0.05, 0) is 81.9 Å². The van der Waals surface area contributed by atoms with Gasteiger partial charge in [0, 0.05) is 31.3 Å². The van der Waals surface area contributed by atoms with E-state index in [9.17, 15) is 19.2 Å². The van der Waals surface area contributed by atoms with Crippen LogP contribution in [0.2, 0.25) is 0 Å². The van der Waals surface area contributed by atoms with Gasteiger partial charge in [0.2, 0.25) is 23.6 Å². The van der Waals surface area contributed by atoms with E-state index in [4.69, 9.17) is 32.4 Å². The Labute approximate surface area is 348 Å². The van der Waals surface area contributed by atoms with Crippen molar-refractivity contribution in [1.29, 1.82) is 0 Å². The number of benzene rings is 3. The lowest BCUT2D eigenvalue weighted by molar-refractivity contribution is -0.131. The SMILES string of the molecule is NC(=O)C[C@H](NC(=O)Cc1ccc(OCc2ccccc2)cc1OCc1ccccc1)C(=O)NCCCCCNCCCNCCCNC(=O)[C@@H](N)CCCN=C(N)N. The number of hydrogen-bond donors (Lipinski definition) is 9. The van der Waals surface area contributed by atoms with Crippen LogP contribution in [0.3, 0.4) is 0 Å². The molecule has 0 aliphatic rings. The Hall–Kier alpha value is -5.71. The first kappa shape index (κ1) is 47.7. The quantitative estimate of drug-likeness (QED) is 0.0255. The maximum atomic E-state index is 13.3. The molecule has 59 heavy (non-hydrogen) atoms. The molecule has 0 bridgehead atoms. The Balaban J connectivity index is 1.30. The molecule has 4 amide bonds. The summed E-state index contributed by atoms with van der Waals surface area (Å²) in [4.78, 5) is 54.1. The van der Waals surface area contributed by atoms with Crippen molar-refractivity contribution < 1.29 is 28.7 Å². The minimum Gasteiger partial charge on any atom is -0.489 e. The molecule has 3 aromatic carbocycles. The van der Waals surface area contributed by atoms with E-state index in [0.29, 0.717) is 56.1 Å². The van der Waals surface area contributed by atoms with Crippen molar-refractivity contribution in [3.05, 3.63) is 95.6 Å². The Bertz CT molecular complexity index is 1710. The zero-order chi connectivity index (χ0) is 42.5. The lowest BCUT2D eigenvalue weighted by Crippen LogP contribution is -2.49. The first-order chi connectivity index (χ1) is 28.6. The topological polar surface area (TPSA) is 263 Å². The summed E-state index contributed by atoms with van der Waals surface area (Å²) < 4.78 is 12.2. The number of aliphatic imine (C=N–C) groups is 1. The zero-order valence-corrected chi connectivity index (χ0v) is 34.1. The van der Waals surface area contributed by atoms with Gasteiger partial charge in [-0.2, -0.15) is 0 Å². The third-order valence-corrected chi connectivity index (χ3v) is 9.10. The van der Waals surface area contributed by atoms with Crippen LogP contribution in [-0.2, 0) is 38.8 Å². The number of carbonyl (C=O) groups is 4. The summed E-state index contributed by atoms with van der Waals surface area (Å²) in [5, 5.41) is 15.2. The number of primary amides is 1. The van der Waals surface area contributed by atoms with Gasteiger partial charge in [0.05, 0.1) is 18.9 Å². The molecular formula is C43H64N10O6. The normalized spacial score (nSPS) is 11.8. The van der Waals surface area contributed by atoms with E-state index in [1.165, 1.54) is 0 Å². The summed E-state index contributed by atoms with van der Waals surface area (Å²) in [7, 11) is 0. The Morgan fingerprint density at radius 3 is 1.86 bits per heavy atom. The maximum absolute atomic E-state index is 13.3. The van der Waals surface area contributed by atoms with Crippen molar-refractivity contribution in [2.75, 3.05) is 45.8 Å². The molecule has 0 spiro atoms. The number of unbranched alkanes of at least 4 members (excludes halogenated alkanes) is 2. The molecule has 0 unspecified atom stereocenters. The largest absolute Gasteiger partial charge is 0.489 e. The van der Waals surface area contributed by atoms with Gasteiger partial charge >= 0.3 is 0 Å². The predicted octanol–water partition coefficient (Wildman–Crippen LogP) is 1.49. The number of nitrogens with two attached hydrogens (primary N) is 4. The highest BCUT2D eigenvalue weighted by atomic mass is 16.5. The molecule has 16 nitrogen and oxygen atoms in total. The summed E-state index contributed by atoms with van der Waals surface area (Å²) >= 11 is 0. The lowest BCUT2D eigenvalue weighted by Gasteiger charge is -2.18. The number of guanidine groups is 1. The van der Waals surface area contributed by atoms with Gasteiger partial charge in [-0.3, -0.25) is 24.2 Å². The van der Waals surface area contributed by atoms with Gasteiger partial charge < -0.3 is 59.0 Å². The van der Waals surface area contributed by atoms with Crippen LogP contribution >= 0.6 is 0 Å². The molecule has 0 aliphatic heterocycles. The van der Waals surface area contributed by atoms with Gasteiger partial charge in [0.25, 0.3) is 0 Å². The molecule has 0 aliphatic carbocycles. The van der Waals surface area contributed by atoms with Crippen LogP contribution in [0.25, 0.3) is 0 Å². The molecule has 13 N–H and O–H groups in total. The highest BCUT2D eigenvalue weighted by Crippen LogP contribution is 2.27. The second kappa shape index (κ2) is 28.7. The predicted molar refractivity (Wildman–Crippen MR) is 230 cm³/mol. The zero-order valence-electron chi connectivity index (χ0n) is 34.1. The van der Waals surface area contributed by atoms with Crippen LogP contribution in [0.1, 0.15) is 68.1 Å². The highest BCUT2D eigenvalue weighted by molar-refractivity contribution is 5.92. The first-order valence-electron chi connectivity index (χ1n) is 20.4. The molecule has 0 heterocycles. The van der Waals surface area contributed by atoms with Crippen LogP contribution in [-0.4, -0.2) is 87.5 Å². The van der Waals surface area contributed by atoms with Gasteiger partial charge in [-0.15, -0.1) is 0 Å². The van der Waals surface area contributed by atoms with Crippen molar-refractivity contribution in [3.8, 4) is 11.5 Å². The summed E-state index contributed by atoms with van der Waals surface area (Å²) in [6.45, 7) is 5.44. The van der Waals surface area contributed by atoms with E-state index in [1.54, 1.807) is 18.2 Å². The molecule has 0 saturated heterocycles. The minimum atomic E-state index is -1.10. The second-order valence-corrected chi connectivity index (χ2v) is 14.2. The molecule has 3 aromatic rings. The average Bonchev–Trinajstić information content (AvgIpc) is 3.22. The van der Waals surface area contributed by atoms with Crippen molar-refractivity contribution in [3.63, 3.8) is 0 Å². The third-order valence-electron chi connectivity index (χ3n) is 9.10. The molecule has 2 atom stereocenters. The van der Waals surface area contributed by atoms with Crippen molar-refractivity contribution in [2.24, 2.45) is 27.9 Å². The minimum absolute atomic E-state index is 0.0321. The number of nitrogens with one attached hydrogen (secondary N) is 5. The fourth-order valence-electron chi connectivity index (χ4n) is 5.89. The molecule has 0 saturated carbocycles.